The van der Waals surface area contributed by atoms with Crippen LogP contribution in [0.1, 0.15) is 18.2 Å². The van der Waals surface area contributed by atoms with Crippen LogP contribution in [0.4, 0.5) is 18.9 Å². The minimum absolute atomic E-state index is 0.0296. The van der Waals surface area contributed by atoms with E-state index < -0.39 is 23.4 Å². The molecule has 2 rings (SSSR count). The highest BCUT2D eigenvalue weighted by molar-refractivity contribution is 9.11. The fourth-order valence-electron chi connectivity index (χ4n) is 2.20. The maximum absolute atomic E-state index is 13.6. The van der Waals surface area contributed by atoms with Gasteiger partial charge in [0.1, 0.15) is 0 Å². The molecular formula is C16H16BrF3N2OS. The lowest BCUT2D eigenvalue weighted by molar-refractivity contribution is -0.117. The van der Waals surface area contributed by atoms with Crippen molar-refractivity contribution in [1.82, 2.24) is 4.90 Å². The second-order valence-electron chi connectivity index (χ2n) is 5.19. The number of nitrogens with zero attached hydrogens (tertiary/aromatic N) is 1. The van der Waals surface area contributed by atoms with Gasteiger partial charge in [0.2, 0.25) is 5.91 Å². The molecule has 1 aromatic heterocycles. The van der Waals surface area contributed by atoms with Gasteiger partial charge in [-0.05, 0) is 53.2 Å². The highest BCUT2D eigenvalue weighted by Crippen LogP contribution is 2.23. The average Bonchev–Trinajstić information content (AvgIpc) is 2.93. The van der Waals surface area contributed by atoms with Crippen LogP contribution in [0.5, 0.6) is 0 Å². The predicted molar refractivity (Wildman–Crippen MR) is 92.5 cm³/mol. The van der Waals surface area contributed by atoms with Crippen LogP contribution in [0.3, 0.4) is 0 Å². The third-order valence-electron chi connectivity index (χ3n) is 3.22. The fraction of sp³-hybridized carbons (Fsp3) is 0.312. The number of rotatable bonds is 7. The van der Waals surface area contributed by atoms with Gasteiger partial charge in [-0.1, -0.05) is 6.92 Å². The first-order chi connectivity index (χ1) is 11.4. The normalized spacial score (nSPS) is 11.1. The van der Waals surface area contributed by atoms with Crippen LogP contribution in [0, 0.1) is 17.5 Å². The Hall–Kier alpha value is -1.38. The minimum atomic E-state index is -1.60. The maximum atomic E-state index is 13.6. The molecule has 2 aromatic rings. The number of benzene rings is 1. The number of halogens is 4. The Kier molecular flexibility index (Phi) is 6.82. The Labute approximate surface area is 150 Å². The van der Waals surface area contributed by atoms with E-state index in [-0.39, 0.29) is 12.2 Å². The van der Waals surface area contributed by atoms with Gasteiger partial charge in [0, 0.05) is 11.4 Å². The zero-order valence-electron chi connectivity index (χ0n) is 12.9. The smallest absolute Gasteiger partial charge is 0.238 e. The molecule has 8 heteroatoms. The molecule has 3 nitrogen and oxygen atoms in total. The summed E-state index contributed by atoms with van der Waals surface area (Å²) < 4.78 is 40.7. The van der Waals surface area contributed by atoms with Crippen molar-refractivity contribution in [2.24, 2.45) is 0 Å². The van der Waals surface area contributed by atoms with E-state index in [4.69, 9.17) is 0 Å². The zero-order valence-corrected chi connectivity index (χ0v) is 15.3. The fourth-order valence-corrected chi connectivity index (χ4v) is 3.73. The molecule has 0 atom stereocenters. The third kappa shape index (κ3) is 5.06. The maximum Gasteiger partial charge on any atom is 0.238 e. The summed E-state index contributed by atoms with van der Waals surface area (Å²) in [4.78, 5) is 15.1. The molecule has 0 saturated heterocycles. The van der Waals surface area contributed by atoms with Gasteiger partial charge < -0.3 is 5.32 Å². The van der Waals surface area contributed by atoms with Gasteiger partial charge in [0.05, 0.1) is 16.0 Å². The summed E-state index contributed by atoms with van der Waals surface area (Å²) >= 11 is 4.96. The standard InChI is InChI=1S/C16H16BrF3N2OS/c1-2-7-22(8-10-3-6-13(17)24-10)9-14(23)21-12-5-4-11(18)15(19)16(12)20/h3-6H,2,7-9H2,1H3,(H,21,23). The lowest BCUT2D eigenvalue weighted by Crippen LogP contribution is -2.33. The van der Waals surface area contributed by atoms with Gasteiger partial charge in [-0.2, -0.15) is 0 Å². The average molecular weight is 421 g/mol. The number of nitrogens with one attached hydrogen (secondary N) is 1. The SMILES string of the molecule is CCCN(CC(=O)Nc1ccc(F)c(F)c1F)Cc1ccc(Br)s1. The van der Waals surface area contributed by atoms with Gasteiger partial charge in [0.25, 0.3) is 0 Å². The molecule has 0 aliphatic heterocycles. The van der Waals surface area contributed by atoms with Crippen molar-refractivity contribution >= 4 is 38.9 Å². The van der Waals surface area contributed by atoms with E-state index in [1.807, 2.05) is 24.0 Å². The van der Waals surface area contributed by atoms with E-state index in [1.165, 1.54) is 0 Å². The molecule has 0 fully saturated rings. The Morgan fingerprint density at radius 3 is 2.58 bits per heavy atom. The van der Waals surface area contributed by atoms with Gasteiger partial charge in [-0.3, -0.25) is 9.69 Å². The first kappa shape index (κ1) is 19.0. The van der Waals surface area contributed by atoms with E-state index in [2.05, 4.69) is 21.2 Å². The first-order valence-electron chi connectivity index (χ1n) is 7.30. The highest BCUT2D eigenvalue weighted by Gasteiger charge is 2.17. The Morgan fingerprint density at radius 1 is 1.21 bits per heavy atom. The monoisotopic (exact) mass is 420 g/mol. The van der Waals surface area contributed by atoms with Crippen molar-refractivity contribution in [3.63, 3.8) is 0 Å². The van der Waals surface area contributed by atoms with Gasteiger partial charge in [-0.15, -0.1) is 11.3 Å². The molecule has 1 amide bonds. The number of carbonyl (C=O) groups is 1. The summed E-state index contributed by atoms with van der Waals surface area (Å²) in [5, 5.41) is 2.29. The summed E-state index contributed by atoms with van der Waals surface area (Å²) in [5.74, 6) is -4.76. The molecule has 1 heterocycles. The molecule has 0 bridgehead atoms. The first-order valence-corrected chi connectivity index (χ1v) is 8.91. The van der Waals surface area contributed by atoms with Crippen LogP contribution >= 0.6 is 27.3 Å². The molecule has 0 aliphatic rings. The van der Waals surface area contributed by atoms with Crippen LogP contribution in [0.25, 0.3) is 0 Å². The van der Waals surface area contributed by atoms with Gasteiger partial charge >= 0.3 is 0 Å². The van der Waals surface area contributed by atoms with Gasteiger partial charge in [-0.25, -0.2) is 13.2 Å². The van der Waals surface area contributed by atoms with Crippen molar-refractivity contribution in [3.05, 3.63) is 50.4 Å². The van der Waals surface area contributed by atoms with Crippen LogP contribution in [0.15, 0.2) is 28.1 Å². The lowest BCUT2D eigenvalue weighted by atomic mass is 10.2. The second-order valence-corrected chi connectivity index (χ2v) is 7.74. The van der Waals surface area contributed by atoms with Crippen molar-refractivity contribution in [1.29, 1.82) is 0 Å². The molecule has 1 aromatic carbocycles. The van der Waals surface area contributed by atoms with Crippen molar-refractivity contribution in [3.8, 4) is 0 Å². The molecule has 0 radical (unpaired) electrons. The van der Waals surface area contributed by atoms with E-state index in [0.717, 1.165) is 27.2 Å². The van der Waals surface area contributed by atoms with Crippen LogP contribution in [-0.2, 0) is 11.3 Å². The third-order valence-corrected chi connectivity index (χ3v) is 4.83. The number of hydrogen-bond acceptors (Lipinski definition) is 3. The van der Waals surface area contributed by atoms with Crippen LogP contribution in [-0.4, -0.2) is 23.9 Å². The zero-order chi connectivity index (χ0) is 17.7. The minimum Gasteiger partial charge on any atom is -0.322 e. The number of hydrogen-bond donors (Lipinski definition) is 1. The van der Waals surface area contributed by atoms with Crippen molar-refractivity contribution < 1.29 is 18.0 Å². The Balaban J connectivity index is 2.01. The molecule has 1 N–H and O–H groups in total. The molecule has 0 aliphatic carbocycles. The molecule has 0 saturated carbocycles. The van der Waals surface area contributed by atoms with Gasteiger partial charge in [0.15, 0.2) is 17.5 Å². The number of amides is 1. The summed E-state index contributed by atoms with van der Waals surface area (Å²) in [6.07, 6.45) is 0.847. The molecular weight excluding hydrogens is 405 g/mol. The molecule has 0 unspecified atom stereocenters. The van der Waals surface area contributed by atoms with E-state index in [1.54, 1.807) is 11.3 Å². The van der Waals surface area contributed by atoms with E-state index in [9.17, 15) is 18.0 Å². The molecule has 0 spiro atoms. The quantitative estimate of drug-likeness (QED) is 0.653. The largest absolute Gasteiger partial charge is 0.322 e. The highest BCUT2D eigenvalue weighted by atomic mass is 79.9. The summed E-state index contributed by atoms with van der Waals surface area (Å²) in [6.45, 7) is 3.28. The Morgan fingerprint density at radius 2 is 1.96 bits per heavy atom. The number of thiophene rings is 1. The Bertz CT molecular complexity index is 723. The van der Waals surface area contributed by atoms with Crippen LogP contribution in [0.2, 0.25) is 0 Å². The second kappa shape index (κ2) is 8.64. The summed E-state index contributed by atoms with van der Waals surface area (Å²) in [7, 11) is 0. The van der Waals surface area contributed by atoms with Crippen LogP contribution < -0.4 is 5.32 Å². The van der Waals surface area contributed by atoms with E-state index in [0.29, 0.717) is 13.1 Å². The number of anilines is 1. The summed E-state index contributed by atoms with van der Waals surface area (Å²) in [6, 6.07) is 5.68. The van der Waals surface area contributed by atoms with Crippen molar-refractivity contribution in [2.75, 3.05) is 18.4 Å². The molecule has 130 valence electrons. The summed E-state index contributed by atoms with van der Waals surface area (Å²) in [5.41, 5.74) is -0.366. The van der Waals surface area contributed by atoms with Crippen molar-refractivity contribution in [2.45, 2.75) is 19.9 Å². The molecule has 24 heavy (non-hydrogen) atoms. The topological polar surface area (TPSA) is 32.3 Å². The lowest BCUT2D eigenvalue weighted by Gasteiger charge is -2.20. The van der Waals surface area contributed by atoms with E-state index >= 15 is 0 Å². The number of carbonyl (C=O) groups excluding carboxylic acids is 1. The predicted octanol–water partition coefficient (Wildman–Crippen LogP) is 4.78.